The lowest BCUT2D eigenvalue weighted by Gasteiger charge is -2.34. The number of rotatable bonds is 3. The molecule has 5 heteroatoms. The molecule has 2 aromatic carbocycles. The van der Waals surface area contributed by atoms with Gasteiger partial charge >= 0.3 is 0 Å². The number of hydrogen-bond acceptors (Lipinski definition) is 2. The van der Waals surface area contributed by atoms with Gasteiger partial charge in [0.05, 0.1) is 0 Å². The maximum atomic E-state index is 12.3. The van der Waals surface area contributed by atoms with Crippen LogP contribution in [0.5, 0.6) is 0 Å². The summed E-state index contributed by atoms with van der Waals surface area (Å²) in [6.45, 7) is 5.77. The molecule has 1 heterocycles. The Labute approximate surface area is 160 Å². The van der Waals surface area contributed by atoms with Gasteiger partial charge in [-0.2, -0.15) is 0 Å². The molecule has 0 spiro atoms. The highest BCUT2D eigenvalue weighted by Gasteiger charge is 2.22. The zero-order chi connectivity index (χ0) is 18.5. The minimum Gasteiger partial charge on any atom is -0.349 e. The number of amides is 1. The van der Waals surface area contributed by atoms with E-state index in [4.69, 9.17) is 12.2 Å². The van der Waals surface area contributed by atoms with Crippen molar-refractivity contribution in [1.82, 2.24) is 10.2 Å². The van der Waals surface area contributed by atoms with Crippen LogP contribution in [0.2, 0.25) is 0 Å². The van der Waals surface area contributed by atoms with E-state index >= 15 is 0 Å². The number of piperidine rings is 1. The van der Waals surface area contributed by atoms with E-state index in [0.29, 0.717) is 0 Å². The quantitative estimate of drug-likeness (QED) is 0.808. The van der Waals surface area contributed by atoms with E-state index in [2.05, 4.69) is 34.6 Å². The van der Waals surface area contributed by atoms with Gasteiger partial charge in [-0.05, 0) is 68.7 Å². The molecule has 1 aliphatic heterocycles. The second-order valence-electron chi connectivity index (χ2n) is 6.90. The Bertz CT molecular complexity index is 780. The zero-order valence-corrected chi connectivity index (χ0v) is 16.1. The Hall–Kier alpha value is -2.40. The third-order valence-corrected chi connectivity index (χ3v) is 5.06. The number of carbonyl (C=O) groups is 1. The third kappa shape index (κ3) is 4.82. The second-order valence-corrected chi connectivity index (χ2v) is 7.29. The second kappa shape index (κ2) is 8.32. The summed E-state index contributed by atoms with van der Waals surface area (Å²) in [6, 6.07) is 16.1. The molecule has 1 amide bonds. The summed E-state index contributed by atoms with van der Waals surface area (Å²) in [5.74, 6) is 0.00362. The van der Waals surface area contributed by atoms with E-state index in [-0.39, 0.29) is 11.9 Å². The third-order valence-electron chi connectivity index (χ3n) is 4.70. The molecule has 3 rings (SSSR count). The highest BCUT2D eigenvalue weighted by atomic mass is 32.1. The van der Waals surface area contributed by atoms with Crippen LogP contribution in [0.3, 0.4) is 0 Å². The van der Waals surface area contributed by atoms with Gasteiger partial charge in [0.1, 0.15) is 0 Å². The molecule has 0 aromatic heterocycles. The fourth-order valence-corrected chi connectivity index (χ4v) is 3.43. The van der Waals surface area contributed by atoms with Crippen molar-refractivity contribution in [2.75, 3.05) is 18.4 Å². The van der Waals surface area contributed by atoms with Gasteiger partial charge in [0, 0.05) is 30.4 Å². The van der Waals surface area contributed by atoms with Gasteiger partial charge < -0.3 is 15.5 Å². The van der Waals surface area contributed by atoms with E-state index in [1.807, 2.05) is 43.3 Å². The number of nitrogens with zero attached hydrogens (tertiary/aromatic N) is 1. The molecule has 0 atom stereocenters. The van der Waals surface area contributed by atoms with Crippen LogP contribution in [-0.4, -0.2) is 35.1 Å². The Kier molecular flexibility index (Phi) is 5.89. The molecule has 26 heavy (non-hydrogen) atoms. The number of nitrogens with one attached hydrogen (secondary N) is 2. The summed E-state index contributed by atoms with van der Waals surface area (Å²) in [5.41, 5.74) is 4.10. The molecule has 0 radical (unpaired) electrons. The van der Waals surface area contributed by atoms with Crippen molar-refractivity contribution in [2.45, 2.75) is 32.7 Å². The van der Waals surface area contributed by atoms with Gasteiger partial charge in [0.25, 0.3) is 5.91 Å². The lowest BCUT2D eigenvalue weighted by atomic mass is 10.0. The molecule has 2 aromatic rings. The summed E-state index contributed by atoms with van der Waals surface area (Å²) >= 11 is 5.54. The lowest BCUT2D eigenvalue weighted by Crippen LogP contribution is -2.47. The molecule has 1 fully saturated rings. The van der Waals surface area contributed by atoms with Gasteiger partial charge in [-0.3, -0.25) is 4.79 Å². The zero-order valence-electron chi connectivity index (χ0n) is 15.3. The molecule has 0 unspecified atom stereocenters. The van der Waals surface area contributed by atoms with E-state index in [9.17, 15) is 4.79 Å². The van der Waals surface area contributed by atoms with Crippen molar-refractivity contribution in [3.05, 3.63) is 65.2 Å². The Morgan fingerprint density at radius 3 is 2.38 bits per heavy atom. The number of aryl methyl sites for hydroxylation is 2. The molecular formula is C21H25N3OS. The maximum absolute atomic E-state index is 12.3. The van der Waals surface area contributed by atoms with Crippen LogP contribution in [0.1, 0.15) is 34.3 Å². The van der Waals surface area contributed by atoms with Crippen LogP contribution in [0.15, 0.2) is 48.5 Å². The van der Waals surface area contributed by atoms with E-state index in [1.54, 1.807) is 0 Å². The van der Waals surface area contributed by atoms with Crippen molar-refractivity contribution in [3.63, 3.8) is 0 Å². The van der Waals surface area contributed by atoms with Gasteiger partial charge in [-0.1, -0.05) is 29.8 Å². The van der Waals surface area contributed by atoms with E-state index in [0.717, 1.165) is 47.9 Å². The smallest absolute Gasteiger partial charge is 0.251 e. The first-order valence-corrected chi connectivity index (χ1v) is 9.42. The largest absolute Gasteiger partial charge is 0.349 e. The average Bonchev–Trinajstić information content (AvgIpc) is 2.63. The van der Waals surface area contributed by atoms with Crippen LogP contribution < -0.4 is 10.6 Å². The maximum Gasteiger partial charge on any atom is 0.251 e. The first kappa shape index (κ1) is 18.4. The molecule has 1 saturated heterocycles. The van der Waals surface area contributed by atoms with Crippen molar-refractivity contribution in [2.24, 2.45) is 0 Å². The van der Waals surface area contributed by atoms with Crippen LogP contribution in [0.4, 0.5) is 5.69 Å². The van der Waals surface area contributed by atoms with Crippen LogP contribution in [0, 0.1) is 13.8 Å². The molecule has 0 aliphatic carbocycles. The highest BCUT2D eigenvalue weighted by molar-refractivity contribution is 7.80. The Balaban J connectivity index is 1.48. The van der Waals surface area contributed by atoms with Crippen molar-refractivity contribution >= 4 is 28.9 Å². The van der Waals surface area contributed by atoms with Crippen molar-refractivity contribution in [3.8, 4) is 0 Å². The molecule has 1 aliphatic rings. The molecule has 0 bridgehead atoms. The van der Waals surface area contributed by atoms with Gasteiger partial charge in [0.15, 0.2) is 5.11 Å². The van der Waals surface area contributed by atoms with E-state index < -0.39 is 0 Å². The van der Waals surface area contributed by atoms with Crippen LogP contribution in [0.25, 0.3) is 0 Å². The number of carbonyl (C=O) groups excluding carboxylic acids is 1. The van der Waals surface area contributed by atoms with Crippen LogP contribution >= 0.6 is 12.2 Å². The molecule has 2 N–H and O–H groups in total. The fraction of sp³-hybridized carbons (Fsp3) is 0.333. The van der Waals surface area contributed by atoms with E-state index in [1.165, 1.54) is 5.56 Å². The lowest BCUT2D eigenvalue weighted by molar-refractivity contribution is 0.0922. The normalized spacial score (nSPS) is 14.8. The number of benzene rings is 2. The Morgan fingerprint density at radius 2 is 1.73 bits per heavy atom. The molecular weight excluding hydrogens is 342 g/mol. The highest BCUT2D eigenvalue weighted by Crippen LogP contribution is 2.15. The summed E-state index contributed by atoms with van der Waals surface area (Å²) in [7, 11) is 0. The molecule has 136 valence electrons. The molecule has 0 saturated carbocycles. The summed E-state index contributed by atoms with van der Waals surface area (Å²) in [4.78, 5) is 14.5. The monoisotopic (exact) mass is 367 g/mol. The molecule has 4 nitrogen and oxygen atoms in total. The van der Waals surface area contributed by atoms with Crippen molar-refractivity contribution < 1.29 is 4.79 Å². The van der Waals surface area contributed by atoms with Gasteiger partial charge in [-0.25, -0.2) is 0 Å². The minimum absolute atomic E-state index is 0.00362. The SMILES string of the molecule is Cc1ccc(C(=O)NC2CCN(C(=S)Nc3cccc(C)c3)CC2)cc1. The minimum atomic E-state index is 0.00362. The standard InChI is InChI=1S/C21H25N3OS/c1-15-6-8-17(9-7-15)20(25)22-18-10-12-24(13-11-18)21(26)23-19-5-3-4-16(2)14-19/h3-9,14,18H,10-13H2,1-2H3,(H,22,25)(H,23,26). The number of anilines is 1. The summed E-state index contributed by atoms with van der Waals surface area (Å²) in [6.07, 6.45) is 1.79. The number of hydrogen-bond donors (Lipinski definition) is 2. The number of likely N-dealkylation sites (tertiary alicyclic amines) is 1. The van der Waals surface area contributed by atoms with Crippen molar-refractivity contribution in [1.29, 1.82) is 0 Å². The predicted octanol–water partition coefficient (Wildman–Crippen LogP) is 3.89. The average molecular weight is 368 g/mol. The summed E-state index contributed by atoms with van der Waals surface area (Å²) < 4.78 is 0. The first-order chi connectivity index (χ1) is 12.5. The topological polar surface area (TPSA) is 44.4 Å². The van der Waals surface area contributed by atoms with Gasteiger partial charge in [-0.15, -0.1) is 0 Å². The van der Waals surface area contributed by atoms with Gasteiger partial charge in [0.2, 0.25) is 0 Å². The van der Waals surface area contributed by atoms with Crippen LogP contribution in [-0.2, 0) is 0 Å². The summed E-state index contributed by atoms with van der Waals surface area (Å²) in [5, 5.41) is 7.20. The first-order valence-electron chi connectivity index (χ1n) is 9.01. The number of thiocarbonyl (C=S) groups is 1. The predicted molar refractivity (Wildman–Crippen MR) is 111 cm³/mol. The fourth-order valence-electron chi connectivity index (χ4n) is 3.13. The Morgan fingerprint density at radius 1 is 1.04 bits per heavy atom.